The molecule has 2 aromatic rings. The summed E-state index contributed by atoms with van der Waals surface area (Å²) in [6.07, 6.45) is 3.02. The van der Waals surface area contributed by atoms with Gasteiger partial charge in [-0.3, -0.25) is 4.68 Å². The van der Waals surface area contributed by atoms with Crippen molar-refractivity contribution in [1.82, 2.24) is 9.78 Å². The zero-order valence-electron chi connectivity index (χ0n) is 11.6. The number of benzene rings is 1. The second-order valence-electron chi connectivity index (χ2n) is 4.63. The van der Waals surface area contributed by atoms with E-state index < -0.39 is 5.97 Å². The van der Waals surface area contributed by atoms with Crippen molar-refractivity contribution in [2.24, 2.45) is 0 Å². The van der Waals surface area contributed by atoms with Crippen LogP contribution in [0.2, 0.25) is 0 Å². The minimum atomic E-state index is -0.891. The van der Waals surface area contributed by atoms with Crippen LogP contribution in [0, 0.1) is 0 Å². The maximum absolute atomic E-state index is 11.1. The molecular weight excluding hydrogens is 272 g/mol. The Morgan fingerprint density at radius 3 is 2.85 bits per heavy atom. The average molecular weight is 290 g/mol. The Morgan fingerprint density at radius 1 is 1.40 bits per heavy atom. The summed E-state index contributed by atoms with van der Waals surface area (Å²) in [4.78, 5) is 11.9. The summed E-state index contributed by atoms with van der Waals surface area (Å²) in [6, 6.07) is 9.43. The van der Waals surface area contributed by atoms with E-state index in [0.717, 1.165) is 17.0 Å². The Bertz CT molecular complexity index is 595. The molecule has 0 saturated carbocycles. The van der Waals surface area contributed by atoms with Crippen LogP contribution in [0.1, 0.15) is 42.4 Å². The average Bonchev–Trinajstić information content (AvgIpc) is 2.93. The van der Waals surface area contributed by atoms with E-state index in [2.05, 4.69) is 18.9 Å². The zero-order chi connectivity index (χ0) is 14.5. The highest BCUT2D eigenvalue weighted by Gasteiger charge is 2.10. The summed E-state index contributed by atoms with van der Waals surface area (Å²) in [5, 5.41) is 13.7. The maximum Gasteiger partial charge on any atom is 0.336 e. The van der Waals surface area contributed by atoms with Gasteiger partial charge in [-0.05, 0) is 31.5 Å². The van der Waals surface area contributed by atoms with E-state index in [1.165, 1.54) is 11.8 Å². The van der Waals surface area contributed by atoms with Gasteiger partial charge in [0.15, 0.2) is 0 Å². The van der Waals surface area contributed by atoms with Gasteiger partial charge in [0.05, 0.1) is 11.3 Å². The molecule has 1 aromatic heterocycles. The van der Waals surface area contributed by atoms with Gasteiger partial charge in [0.2, 0.25) is 0 Å². The molecule has 1 unspecified atom stereocenters. The van der Waals surface area contributed by atoms with Gasteiger partial charge >= 0.3 is 5.97 Å². The summed E-state index contributed by atoms with van der Waals surface area (Å²) in [6.45, 7) is 4.26. The van der Waals surface area contributed by atoms with E-state index in [1.807, 2.05) is 29.1 Å². The predicted molar refractivity (Wildman–Crippen MR) is 80.2 cm³/mol. The molecule has 1 N–H and O–H groups in total. The van der Waals surface area contributed by atoms with E-state index in [4.69, 9.17) is 5.11 Å². The van der Waals surface area contributed by atoms with Crippen molar-refractivity contribution in [1.29, 1.82) is 0 Å². The molecule has 0 aliphatic rings. The largest absolute Gasteiger partial charge is 0.478 e. The maximum atomic E-state index is 11.1. The standard InChI is InChI=1S/C15H18N2O2S/c1-3-11(2)17-9-8-12(16-17)10-20-14-7-5-4-6-13(14)15(18)19/h4-9,11H,3,10H2,1-2H3,(H,18,19). The number of rotatable bonds is 6. The van der Waals surface area contributed by atoms with E-state index >= 15 is 0 Å². The number of hydrogen-bond donors (Lipinski definition) is 1. The van der Waals surface area contributed by atoms with Gasteiger partial charge in [-0.25, -0.2) is 4.79 Å². The SMILES string of the molecule is CCC(C)n1ccc(CSc2ccccc2C(=O)O)n1. The lowest BCUT2D eigenvalue weighted by Crippen LogP contribution is -2.04. The van der Waals surface area contributed by atoms with Crippen molar-refractivity contribution in [3.8, 4) is 0 Å². The van der Waals surface area contributed by atoms with Crippen molar-refractivity contribution in [2.75, 3.05) is 0 Å². The molecule has 0 amide bonds. The molecule has 106 valence electrons. The number of carboxylic acids is 1. The monoisotopic (exact) mass is 290 g/mol. The topological polar surface area (TPSA) is 55.1 Å². The summed E-state index contributed by atoms with van der Waals surface area (Å²) in [5.41, 5.74) is 1.31. The van der Waals surface area contributed by atoms with Crippen molar-refractivity contribution >= 4 is 17.7 Å². The summed E-state index contributed by atoms with van der Waals surface area (Å²) in [7, 11) is 0. The van der Waals surface area contributed by atoms with Gasteiger partial charge in [-0.2, -0.15) is 5.10 Å². The van der Waals surface area contributed by atoms with Crippen LogP contribution in [0.3, 0.4) is 0 Å². The number of aromatic carboxylic acids is 1. The van der Waals surface area contributed by atoms with Gasteiger partial charge in [0, 0.05) is 22.9 Å². The minimum Gasteiger partial charge on any atom is -0.478 e. The molecular formula is C15H18N2O2S. The fourth-order valence-corrected chi connectivity index (χ4v) is 2.75. The van der Waals surface area contributed by atoms with E-state index in [1.54, 1.807) is 12.1 Å². The lowest BCUT2D eigenvalue weighted by molar-refractivity contribution is 0.0693. The van der Waals surface area contributed by atoms with Crippen molar-refractivity contribution in [3.05, 3.63) is 47.8 Å². The second-order valence-corrected chi connectivity index (χ2v) is 5.65. The number of thioether (sulfide) groups is 1. The number of nitrogens with zero attached hydrogens (tertiary/aromatic N) is 2. The first-order valence-corrected chi connectivity index (χ1v) is 7.59. The first-order valence-electron chi connectivity index (χ1n) is 6.61. The van der Waals surface area contributed by atoms with Crippen LogP contribution >= 0.6 is 11.8 Å². The highest BCUT2D eigenvalue weighted by Crippen LogP contribution is 2.26. The molecule has 0 spiro atoms. The van der Waals surface area contributed by atoms with Crippen LogP contribution in [-0.4, -0.2) is 20.9 Å². The second kappa shape index (κ2) is 6.61. The number of carbonyl (C=O) groups is 1. The van der Waals surface area contributed by atoms with Crippen LogP contribution in [-0.2, 0) is 5.75 Å². The Hall–Kier alpha value is -1.75. The molecule has 2 rings (SSSR count). The molecule has 5 heteroatoms. The smallest absolute Gasteiger partial charge is 0.336 e. The number of aromatic nitrogens is 2. The van der Waals surface area contributed by atoms with Crippen molar-refractivity contribution < 1.29 is 9.90 Å². The third-order valence-electron chi connectivity index (χ3n) is 3.20. The molecule has 1 heterocycles. The van der Waals surface area contributed by atoms with Gasteiger partial charge in [-0.1, -0.05) is 19.1 Å². The number of carboxylic acid groups (broad SMARTS) is 1. The highest BCUT2D eigenvalue weighted by molar-refractivity contribution is 7.98. The highest BCUT2D eigenvalue weighted by atomic mass is 32.2. The lowest BCUT2D eigenvalue weighted by atomic mass is 10.2. The molecule has 0 fully saturated rings. The predicted octanol–water partition coefficient (Wildman–Crippen LogP) is 3.84. The van der Waals surface area contributed by atoms with Crippen LogP contribution in [0.4, 0.5) is 0 Å². The zero-order valence-corrected chi connectivity index (χ0v) is 12.4. The summed E-state index contributed by atoms with van der Waals surface area (Å²) >= 11 is 1.50. The third kappa shape index (κ3) is 3.42. The first-order chi connectivity index (χ1) is 9.61. The molecule has 4 nitrogen and oxygen atoms in total. The molecule has 0 bridgehead atoms. The third-order valence-corrected chi connectivity index (χ3v) is 4.31. The van der Waals surface area contributed by atoms with Crippen molar-refractivity contribution in [2.45, 2.75) is 37.0 Å². The first kappa shape index (κ1) is 14.7. The Balaban J connectivity index is 2.06. The van der Waals surface area contributed by atoms with Crippen LogP contribution < -0.4 is 0 Å². The molecule has 0 aliphatic carbocycles. The summed E-state index contributed by atoms with van der Waals surface area (Å²) < 4.78 is 1.96. The molecule has 1 atom stereocenters. The minimum absolute atomic E-state index is 0.346. The fraction of sp³-hybridized carbons (Fsp3) is 0.333. The quantitative estimate of drug-likeness (QED) is 0.821. The lowest BCUT2D eigenvalue weighted by Gasteiger charge is -2.08. The Kier molecular flexibility index (Phi) is 4.84. The fourth-order valence-electron chi connectivity index (χ4n) is 1.81. The van der Waals surface area contributed by atoms with E-state index in [-0.39, 0.29) is 0 Å². The summed E-state index contributed by atoms with van der Waals surface area (Å²) in [5.74, 6) is -0.216. The van der Waals surface area contributed by atoms with E-state index in [9.17, 15) is 4.79 Å². The Labute approximate surface area is 122 Å². The van der Waals surface area contributed by atoms with Gasteiger partial charge < -0.3 is 5.11 Å². The van der Waals surface area contributed by atoms with E-state index in [0.29, 0.717) is 17.4 Å². The van der Waals surface area contributed by atoms with Gasteiger partial charge in [-0.15, -0.1) is 11.8 Å². The van der Waals surface area contributed by atoms with Crippen LogP contribution in [0.25, 0.3) is 0 Å². The van der Waals surface area contributed by atoms with Crippen LogP contribution in [0.15, 0.2) is 41.4 Å². The normalized spacial score (nSPS) is 12.3. The van der Waals surface area contributed by atoms with Gasteiger partial charge in [0.25, 0.3) is 0 Å². The van der Waals surface area contributed by atoms with Crippen LogP contribution in [0.5, 0.6) is 0 Å². The van der Waals surface area contributed by atoms with Crippen molar-refractivity contribution in [3.63, 3.8) is 0 Å². The molecule has 0 radical (unpaired) electrons. The molecule has 0 aliphatic heterocycles. The molecule has 0 saturated heterocycles. The number of hydrogen-bond acceptors (Lipinski definition) is 3. The van der Waals surface area contributed by atoms with Gasteiger partial charge in [0.1, 0.15) is 0 Å². The molecule has 1 aromatic carbocycles. The Morgan fingerprint density at radius 2 is 2.15 bits per heavy atom. The molecule has 20 heavy (non-hydrogen) atoms.